The van der Waals surface area contributed by atoms with E-state index in [4.69, 9.17) is 0 Å². The Bertz CT molecular complexity index is 1270. The van der Waals surface area contributed by atoms with Gasteiger partial charge in [0.2, 0.25) is 5.91 Å². The molecule has 0 fully saturated rings. The number of hydrogen-bond donors (Lipinski definition) is 1. The average Bonchev–Trinajstić information content (AvgIpc) is 2.74. The smallest absolute Gasteiger partial charge is 0.324 e. The maximum Gasteiger partial charge on any atom is 0.418 e. The number of rotatable bonds is 6. The van der Waals surface area contributed by atoms with Crippen molar-refractivity contribution in [2.24, 2.45) is 0 Å². The molecule has 1 N–H and O–H groups in total. The molecule has 174 valence electrons. The Labute approximate surface area is 190 Å². The molecule has 3 rings (SSSR count). The Morgan fingerprint density at radius 1 is 0.909 bits per heavy atom. The number of carbonyl (C=O) groups excluding carboxylic acids is 1. The molecule has 0 aliphatic carbocycles. The SMILES string of the molecule is Cc1ccc(S(=O)(=O)N(CC(=O)Nc2ccccc2C(F)(F)F)c2ccc(C)c(C)c2)cc1. The number of nitrogens with one attached hydrogen (secondary N) is 1. The quantitative estimate of drug-likeness (QED) is 0.514. The van der Waals surface area contributed by atoms with Crippen molar-refractivity contribution >= 4 is 27.3 Å². The van der Waals surface area contributed by atoms with Gasteiger partial charge in [0.1, 0.15) is 6.54 Å². The lowest BCUT2D eigenvalue weighted by atomic mass is 10.1. The summed E-state index contributed by atoms with van der Waals surface area (Å²) in [5.41, 5.74) is 1.36. The molecule has 0 radical (unpaired) electrons. The van der Waals surface area contributed by atoms with E-state index in [1.807, 2.05) is 13.8 Å². The molecule has 0 aromatic heterocycles. The van der Waals surface area contributed by atoms with E-state index >= 15 is 0 Å². The molecule has 0 aliphatic heterocycles. The average molecular weight is 477 g/mol. The van der Waals surface area contributed by atoms with Crippen LogP contribution in [0.2, 0.25) is 0 Å². The maximum absolute atomic E-state index is 13.4. The number of hydrogen-bond acceptors (Lipinski definition) is 3. The summed E-state index contributed by atoms with van der Waals surface area (Å²) < 4.78 is 67.6. The van der Waals surface area contributed by atoms with E-state index in [1.165, 1.54) is 24.3 Å². The summed E-state index contributed by atoms with van der Waals surface area (Å²) in [6, 6.07) is 15.6. The van der Waals surface area contributed by atoms with E-state index in [0.29, 0.717) is 0 Å². The lowest BCUT2D eigenvalue weighted by molar-refractivity contribution is -0.137. The lowest BCUT2D eigenvalue weighted by Gasteiger charge is -2.25. The molecule has 0 heterocycles. The summed E-state index contributed by atoms with van der Waals surface area (Å²) in [5, 5.41) is 2.21. The van der Waals surface area contributed by atoms with Crippen LogP contribution in [-0.2, 0) is 21.0 Å². The molecule has 0 saturated heterocycles. The fourth-order valence-electron chi connectivity index (χ4n) is 3.19. The summed E-state index contributed by atoms with van der Waals surface area (Å²) in [5.74, 6) is -0.902. The summed E-state index contributed by atoms with van der Waals surface area (Å²) >= 11 is 0. The normalized spacial score (nSPS) is 11.8. The van der Waals surface area contributed by atoms with Crippen molar-refractivity contribution in [2.75, 3.05) is 16.2 Å². The Balaban J connectivity index is 2.00. The molecule has 5 nitrogen and oxygen atoms in total. The number of amides is 1. The van der Waals surface area contributed by atoms with Crippen molar-refractivity contribution in [3.63, 3.8) is 0 Å². The minimum Gasteiger partial charge on any atom is -0.324 e. The Morgan fingerprint density at radius 2 is 1.55 bits per heavy atom. The number of aryl methyl sites for hydroxylation is 3. The summed E-state index contributed by atoms with van der Waals surface area (Å²) in [7, 11) is -4.18. The van der Waals surface area contributed by atoms with E-state index in [2.05, 4.69) is 5.32 Å². The molecular weight excluding hydrogens is 453 g/mol. The van der Waals surface area contributed by atoms with Crippen molar-refractivity contribution in [3.05, 3.63) is 89.0 Å². The van der Waals surface area contributed by atoms with Crippen LogP contribution in [0.3, 0.4) is 0 Å². The second-order valence-corrected chi connectivity index (χ2v) is 9.55. The largest absolute Gasteiger partial charge is 0.418 e. The topological polar surface area (TPSA) is 66.5 Å². The second kappa shape index (κ2) is 9.27. The predicted octanol–water partition coefficient (Wildman–Crippen LogP) is 5.46. The third-order valence-electron chi connectivity index (χ3n) is 5.18. The molecule has 0 spiro atoms. The lowest BCUT2D eigenvalue weighted by Crippen LogP contribution is -2.38. The molecule has 0 aliphatic rings. The van der Waals surface area contributed by atoms with Gasteiger partial charge in [-0.2, -0.15) is 13.2 Å². The first-order valence-electron chi connectivity index (χ1n) is 10.0. The van der Waals surface area contributed by atoms with Gasteiger partial charge < -0.3 is 5.32 Å². The first-order chi connectivity index (χ1) is 15.4. The summed E-state index contributed by atoms with van der Waals surface area (Å²) in [4.78, 5) is 12.7. The van der Waals surface area contributed by atoms with E-state index < -0.39 is 39.9 Å². The highest BCUT2D eigenvalue weighted by molar-refractivity contribution is 7.92. The number of anilines is 2. The summed E-state index contributed by atoms with van der Waals surface area (Å²) in [6.07, 6.45) is -4.67. The summed E-state index contributed by atoms with van der Waals surface area (Å²) in [6.45, 7) is 4.77. The van der Waals surface area contributed by atoms with Crippen molar-refractivity contribution in [1.29, 1.82) is 0 Å². The molecule has 9 heteroatoms. The highest BCUT2D eigenvalue weighted by Crippen LogP contribution is 2.34. The molecule has 3 aromatic carbocycles. The highest BCUT2D eigenvalue weighted by atomic mass is 32.2. The van der Waals surface area contributed by atoms with Gasteiger partial charge in [0, 0.05) is 0 Å². The third-order valence-corrected chi connectivity index (χ3v) is 6.97. The fraction of sp³-hybridized carbons (Fsp3) is 0.208. The monoisotopic (exact) mass is 476 g/mol. The van der Waals surface area contributed by atoms with Crippen LogP contribution in [-0.4, -0.2) is 20.9 Å². The van der Waals surface area contributed by atoms with Crippen molar-refractivity contribution in [1.82, 2.24) is 0 Å². The number of para-hydroxylation sites is 1. The molecule has 0 unspecified atom stereocenters. The van der Waals surface area contributed by atoms with E-state index in [1.54, 1.807) is 37.3 Å². The molecular formula is C24H23F3N2O3S. The standard InChI is InChI=1S/C24H23F3N2O3S/c1-16-8-12-20(13-9-16)33(31,32)29(19-11-10-17(2)18(3)14-19)15-23(30)28-22-7-5-4-6-21(22)24(25,26)27/h4-14H,15H2,1-3H3,(H,28,30). The van der Waals surface area contributed by atoms with Crippen molar-refractivity contribution < 1.29 is 26.4 Å². The van der Waals surface area contributed by atoms with Gasteiger partial charge in [-0.1, -0.05) is 35.9 Å². The third kappa shape index (κ3) is 5.54. The van der Waals surface area contributed by atoms with Crippen LogP contribution >= 0.6 is 0 Å². The van der Waals surface area contributed by atoms with Crippen molar-refractivity contribution in [3.8, 4) is 0 Å². The number of sulfonamides is 1. The Kier molecular flexibility index (Phi) is 6.83. The van der Waals surface area contributed by atoms with E-state index in [-0.39, 0.29) is 10.6 Å². The van der Waals surface area contributed by atoms with Crippen LogP contribution in [0, 0.1) is 20.8 Å². The molecule has 0 bridgehead atoms. The predicted molar refractivity (Wildman–Crippen MR) is 122 cm³/mol. The van der Waals surface area contributed by atoms with Gasteiger partial charge >= 0.3 is 6.18 Å². The van der Waals surface area contributed by atoms with Crippen LogP contribution in [0.5, 0.6) is 0 Å². The van der Waals surface area contributed by atoms with Gasteiger partial charge in [-0.15, -0.1) is 0 Å². The molecule has 3 aromatic rings. The van der Waals surface area contributed by atoms with E-state index in [0.717, 1.165) is 33.1 Å². The Morgan fingerprint density at radius 3 is 2.15 bits per heavy atom. The Hall–Kier alpha value is -3.33. The number of carbonyl (C=O) groups is 1. The second-order valence-electron chi connectivity index (χ2n) is 7.68. The van der Waals surface area contributed by atoms with Crippen LogP contribution < -0.4 is 9.62 Å². The van der Waals surface area contributed by atoms with Gasteiger partial charge in [0.15, 0.2) is 0 Å². The minimum absolute atomic E-state index is 0.0326. The fourth-order valence-corrected chi connectivity index (χ4v) is 4.61. The number of alkyl halides is 3. The first kappa shape index (κ1) is 24.3. The number of halogens is 3. The zero-order valence-electron chi connectivity index (χ0n) is 18.3. The van der Waals surface area contributed by atoms with Crippen LogP contribution in [0.25, 0.3) is 0 Å². The zero-order valence-corrected chi connectivity index (χ0v) is 19.1. The van der Waals surface area contributed by atoms with Crippen LogP contribution in [0.1, 0.15) is 22.3 Å². The van der Waals surface area contributed by atoms with Crippen LogP contribution in [0.15, 0.2) is 71.6 Å². The van der Waals surface area contributed by atoms with E-state index in [9.17, 15) is 26.4 Å². The molecule has 0 saturated carbocycles. The molecule has 33 heavy (non-hydrogen) atoms. The number of nitrogens with zero attached hydrogens (tertiary/aromatic N) is 1. The van der Waals surface area contributed by atoms with Crippen LogP contribution in [0.4, 0.5) is 24.5 Å². The van der Waals surface area contributed by atoms with Gasteiger partial charge in [-0.25, -0.2) is 8.42 Å². The molecule has 1 amide bonds. The first-order valence-corrected chi connectivity index (χ1v) is 11.5. The van der Waals surface area contributed by atoms with Gasteiger partial charge in [-0.05, 0) is 68.3 Å². The van der Waals surface area contributed by atoms with Gasteiger partial charge in [0.25, 0.3) is 10.0 Å². The zero-order chi connectivity index (χ0) is 24.4. The highest BCUT2D eigenvalue weighted by Gasteiger charge is 2.34. The van der Waals surface area contributed by atoms with Gasteiger partial charge in [0.05, 0.1) is 21.8 Å². The van der Waals surface area contributed by atoms with Crippen molar-refractivity contribution in [2.45, 2.75) is 31.8 Å². The number of benzene rings is 3. The van der Waals surface area contributed by atoms with Gasteiger partial charge in [-0.3, -0.25) is 9.10 Å². The maximum atomic E-state index is 13.4. The molecule has 0 atom stereocenters. The minimum atomic E-state index is -4.67.